The lowest BCUT2D eigenvalue weighted by Gasteiger charge is -2.11. The van der Waals surface area contributed by atoms with E-state index in [1.165, 1.54) is 0 Å². The molecule has 0 heterocycles. The van der Waals surface area contributed by atoms with Gasteiger partial charge in [-0.1, -0.05) is 0 Å². The van der Waals surface area contributed by atoms with Crippen molar-refractivity contribution in [2.75, 3.05) is 6.54 Å². The fourth-order valence-electron chi connectivity index (χ4n) is 0.655. The molecule has 0 saturated heterocycles. The molecule has 0 spiro atoms. The van der Waals surface area contributed by atoms with Gasteiger partial charge in [-0.05, 0) is 0 Å². The molecule has 0 aliphatic rings. The summed E-state index contributed by atoms with van der Waals surface area (Å²) >= 11 is 0. The summed E-state index contributed by atoms with van der Waals surface area (Å²) in [4.78, 5) is 31.4. The van der Waals surface area contributed by atoms with Crippen LogP contribution in [0, 0.1) is 0 Å². The molecule has 0 fully saturated rings. The molecule has 8 N–H and O–H groups in total. The predicted octanol–water partition coefficient (Wildman–Crippen LogP) is -3.43. The van der Waals surface area contributed by atoms with Crippen molar-refractivity contribution >= 4 is 17.8 Å². The van der Waals surface area contributed by atoms with Crippen LogP contribution in [-0.4, -0.2) is 41.0 Å². The van der Waals surface area contributed by atoms with Crippen LogP contribution in [0.4, 0.5) is 0 Å². The first-order chi connectivity index (χ1) is 5.97. The van der Waals surface area contributed by atoms with Gasteiger partial charge in [0, 0.05) is 0 Å². The number of carbonyl (C=O) groups is 3. The van der Waals surface area contributed by atoms with Crippen molar-refractivity contribution in [3.63, 3.8) is 0 Å². The van der Waals surface area contributed by atoms with Gasteiger partial charge >= 0.3 is 5.97 Å². The van der Waals surface area contributed by atoms with Crippen LogP contribution >= 0.6 is 0 Å². The van der Waals surface area contributed by atoms with Crippen LogP contribution in [0.5, 0.6) is 0 Å². The van der Waals surface area contributed by atoms with E-state index in [0.29, 0.717) is 0 Å². The zero-order valence-electron chi connectivity index (χ0n) is 7.32. The summed E-state index contributed by atoms with van der Waals surface area (Å²) in [7, 11) is 0. The summed E-state index contributed by atoms with van der Waals surface area (Å²) in [5.74, 6) is -2.76. The topological polar surface area (TPSA) is 167 Å². The van der Waals surface area contributed by atoms with Crippen molar-refractivity contribution in [1.29, 1.82) is 0 Å². The van der Waals surface area contributed by atoms with Crippen LogP contribution < -0.4 is 16.8 Å². The molecular weight excluding hydrogens is 194 g/mol. The third-order valence-electron chi connectivity index (χ3n) is 1.22. The number of rotatable bonds is 5. The maximum atomic E-state index is 10.7. The van der Waals surface area contributed by atoms with E-state index in [1.54, 1.807) is 0 Å². The number of nitrogens with two attached hydrogens (primary N) is 2. The maximum Gasteiger partial charge on any atom is 0.326 e. The molecule has 1 atom stereocenters. The summed E-state index contributed by atoms with van der Waals surface area (Å²) in [6.07, 6.45) is -0.443. The molecule has 1 unspecified atom stereocenters. The van der Waals surface area contributed by atoms with E-state index in [4.69, 9.17) is 16.6 Å². The van der Waals surface area contributed by atoms with Gasteiger partial charge in [-0.15, -0.1) is 0 Å². The minimum absolute atomic E-state index is 0. The minimum Gasteiger partial charge on any atom is -0.480 e. The molecule has 8 heteroatoms. The molecule has 8 nitrogen and oxygen atoms in total. The smallest absolute Gasteiger partial charge is 0.326 e. The van der Waals surface area contributed by atoms with E-state index in [1.807, 2.05) is 5.32 Å². The third kappa shape index (κ3) is 5.91. The summed E-state index contributed by atoms with van der Waals surface area (Å²) in [6.45, 7) is -0.331. The van der Waals surface area contributed by atoms with Crippen LogP contribution in [0.15, 0.2) is 0 Å². The van der Waals surface area contributed by atoms with Crippen molar-refractivity contribution in [2.45, 2.75) is 12.5 Å². The van der Waals surface area contributed by atoms with Crippen molar-refractivity contribution in [2.24, 2.45) is 11.5 Å². The van der Waals surface area contributed by atoms with Gasteiger partial charge < -0.3 is 27.4 Å². The van der Waals surface area contributed by atoms with E-state index in [2.05, 4.69) is 0 Å². The Labute approximate surface area is 79.6 Å². The Morgan fingerprint density at radius 2 is 1.86 bits per heavy atom. The molecule has 0 bridgehead atoms. The first-order valence-electron chi connectivity index (χ1n) is 3.48. The molecular formula is C6H13N3O5. The van der Waals surface area contributed by atoms with Gasteiger partial charge in [0.2, 0.25) is 11.8 Å². The highest BCUT2D eigenvalue weighted by molar-refractivity contribution is 5.88. The number of primary amides is 1. The van der Waals surface area contributed by atoms with Crippen LogP contribution in [0.3, 0.4) is 0 Å². The Kier molecular flexibility index (Phi) is 7.21. The second-order valence-corrected chi connectivity index (χ2v) is 2.33. The molecule has 82 valence electrons. The summed E-state index contributed by atoms with van der Waals surface area (Å²) in [5, 5.41) is 10.5. The quantitative estimate of drug-likeness (QED) is 0.367. The van der Waals surface area contributed by atoms with Crippen molar-refractivity contribution in [3.8, 4) is 0 Å². The van der Waals surface area contributed by atoms with E-state index in [-0.39, 0.29) is 12.0 Å². The Morgan fingerprint density at radius 3 is 2.14 bits per heavy atom. The summed E-state index contributed by atoms with van der Waals surface area (Å²) in [6, 6.07) is -1.30. The number of aliphatic carboxylic acids is 1. The van der Waals surface area contributed by atoms with Gasteiger partial charge in [0.25, 0.3) is 0 Å². The Hall–Kier alpha value is -1.67. The molecule has 0 rings (SSSR count). The highest BCUT2D eigenvalue weighted by Crippen LogP contribution is 1.90. The molecule has 0 saturated carbocycles. The maximum absolute atomic E-state index is 10.7. The second-order valence-electron chi connectivity index (χ2n) is 2.33. The van der Waals surface area contributed by atoms with Crippen molar-refractivity contribution in [1.82, 2.24) is 5.32 Å². The highest BCUT2D eigenvalue weighted by atomic mass is 16.4. The SMILES string of the molecule is NCC(=O)NC(CC(N)=O)C(=O)O.O. The number of hydrogen-bond donors (Lipinski definition) is 4. The molecule has 0 aromatic carbocycles. The summed E-state index contributed by atoms with van der Waals surface area (Å²) in [5.41, 5.74) is 9.69. The van der Waals surface area contributed by atoms with Gasteiger partial charge in [0.1, 0.15) is 6.04 Å². The number of nitrogens with one attached hydrogen (secondary N) is 1. The van der Waals surface area contributed by atoms with Gasteiger partial charge in [-0.25, -0.2) is 4.79 Å². The number of carboxylic acid groups (broad SMARTS) is 1. The Balaban J connectivity index is 0. The molecule has 0 aliphatic heterocycles. The van der Waals surface area contributed by atoms with Crippen molar-refractivity contribution in [3.05, 3.63) is 0 Å². The first-order valence-corrected chi connectivity index (χ1v) is 3.48. The van der Waals surface area contributed by atoms with Crippen LogP contribution in [0.2, 0.25) is 0 Å². The number of carbonyl (C=O) groups excluding carboxylic acids is 2. The molecule has 0 radical (unpaired) electrons. The van der Waals surface area contributed by atoms with E-state index < -0.39 is 30.2 Å². The number of hydrogen-bond acceptors (Lipinski definition) is 4. The Morgan fingerprint density at radius 1 is 1.36 bits per heavy atom. The van der Waals surface area contributed by atoms with Gasteiger partial charge in [-0.3, -0.25) is 9.59 Å². The average Bonchev–Trinajstić information content (AvgIpc) is 2.02. The van der Waals surface area contributed by atoms with Gasteiger partial charge in [0.05, 0.1) is 13.0 Å². The van der Waals surface area contributed by atoms with Crippen LogP contribution in [0.25, 0.3) is 0 Å². The Bertz CT molecular complexity index is 230. The lowest BCUT2D eigenvalue weighted by Crippen LogP contribution is -2.45. The summed E-state index contributed by atoms with van der Waals surface area (Å²) < 4.78 is 0. The molecule has 2 amide bonds. The lowest BCUT2D eigenvalue weighted by atomic mass is 10.2. The van der Waals surface area contributed by atoms with E-state index in [9.17, 15) is 14.4 Å². The van der Waals surface area contributed by atoms with Crippen LogP contribution in [-0.2, 0) is 14.4 Å². The second kappa shape index (κ2) is 6.80. The molecule has 0 aromatic rings. The molecule has 14 heavy (non-hydrogen) atoms. The minimum atomic E-state index is -1.32. The third-order valence-corrected chi connectivity index (χ3v) is 1.22. The standard InChI is InChI=1S/C6H11N3O4.H2O/c7-2-5(11)9-3(6(12)13)1-4(8)10;/h3H,1-2,7H2,(H2,8,10)(H,9,11)(H,12,13);1H2. The van der Waals surface area contributed by atoms with Gasteiger partial charge in [0.15, 0.2) is 0 Å². The van der Waals surface area contributed by atoms with E-state index in [0.717, 1.165) is 0 Å². The highest BCUT2D eigenvalue weighted by Gasteiger charge is 2.21. The fraction of sp³-hybridized carbons (Fsp3) is 0.500. The fourth-order valence-corrected chi connectivity index (χ4v) is 0.655. The zero-order valence-corrected chi connectivity index (χ0v) is 7.32. The lowest BCUT2D eigenvalue weighted by molar-refractivity contribution is -0.143. The van der Waals surface area contributed by atoms with Gasteiger partial charge in [-0.2, -0.15) is 0 Å². The normalized spacial score (nSPS) is 10.9. The number of amides is 2. The number of carboxylic acids is 1. The van der Waals surface area contributed by atoms with Crippen molar-refractivity contribution < 1.29 is 25.0 Å². The average molecular weight is 207 g/mol. The van der Waals surface area contributed by atoms with Crippen LogP contribution in [0.1, 0.15) is 6.42 Å². The molecule has 0 aromatic heterocycles. The molecule has 0 aliphatic carbocycles. The van der Waals surface area contributed by atoms with E-state index >= 15 is 0 Å². The predicted molar refractivity (Wildman–Crippen MR) is 46.0 cm³/mol. The zero-order chi connectivity index (χ0) is 10.4. The largest absolute Gasteiger partial charge is 0.480 e. The first kappa shape index (κ1) is 14.8. The monoisotopic (exact) mass is 207 g/mol.